The molecule has 0 saturated heterocycles. The molecule has 21 heavy (non-hydrogen) atoms. The van der Waals surface area contributed by atoms with Crippen LogP contribution in [0.1, 0.15) is 19.4 Å². The predicted molar refractivity (Wildman–Crippen MR) is 85.6 cm³/mol. The van der Waals surface area contributed by atoms with Crippen LogP contribution in [0.5, 0.6) is 5.75 Å². The molecule has 0 amide bonds. The van der Waals surface area contributed by atoms with Crippen LogP contribution in [0.2, 0.25) is 0 Å². The molecule has 4 heteroatoms. The summed E-state index contributed by atoms with van der Waals surface area (Å²) in [5.41, 5.74) is 3.30. The minimum atomic E-state index is 0.191. The summed E-state index contributed by atoms with van der Waals surface area (Å²) in [6.07, 6.45) is 2.02. The van der Waals surface area contributed by atoms with Crippen molar-refractivity contribution in [3.05, 3.63) is 54.2 Å². The first-order chi connectivity index (χ1) is 10.2. The zero-order chi connectivity index (χ0) is 14.7. The Hall–Kier alpha value is -2.49. The topological polar surface area (TPSA) is 49.9 Å². The SMILES string of the molecule is CC(C)Oc1cccc(CNc2ccc3cn[nH]c3c2)c1. The number of benzene rings is 2. The fourth-order valence-electron chi connectivity index (χ4n) is 2.25. The highest BCUT2D eigenvalue weighted by atomic mass is 16.5. The lowest BCUT2D eigenvalue weighted by molar-refractivity contribution is 0.242. The summed E-state index contributed by atoms with van der Waals surface area (Å²) in [4.78, 5) is 0. The fourth-order valence-corrected chi connectivity index (χ4v) is 2.25. The molecule has 1 aromatic heterocycles. The molecule has 2 N–H and O–H groups in total. The smallest absolute Gasteiger partial charge is 0.120 e. The number of rotatable bonds is 5. The first-order valence-electron chi connectivity index (χ1n) is 7.13. The Labute approximate surface area is 124 Å². The van der Waals surface area contributed by atoms with Gasteiger partial charge in [-0.3, -0.25) is 5.10 Å². The molecule has 0 spiro atoms. The Bertz CT molecular complexity index is 733. The number of hydrogen-bond acceptors (Lipinski definition) is 3. The van der Waals surface area contributed by atoms with E-state index in [-0.39, 0.29) is 6.10 Å². The molecular weight excluding hydrogens is 262 g/mol. The highest BCUT2D eigenvalue weighted by molar-refractivity contribution is 5.81. The standard InChI is InChI=1S/C17H19N3O/c1-12(2)21-16-5-3-4-13(8-16)10-18-15-7-6-14-11-19-20-17(14)9-15/h3-9,11-12,18H,10H2,1-2H3,(H,19,20). The number of aromatic nitrogens is 2. The zero-order valence-electron chi connectivity index (χ0n) is 12.3. The number of aromatic amines is 1. The molecule has 0 fully saturated rings. The van der Waals surface area contributed by atoms with Crippen LogP contribution in [0.4, 0.5) is 5.69 Å². The summed E-state index contributed by atoms with van der Waals surface area (Å²) in [6, 6.07) is 14.4. The van der Waals surface area contributed by atoms with E-state index in [9.17, 15) is 0 Å². The van der Waals surface area contributed by atoms with Crippen LogP contribution in [0.15, 0.2) is 48.7 Å². The largest absolute Gasteiger partial charge is 0.491 e. The van der Waals surface area contributed by atoms with Crippen molar-refractivity contribution in [2.45, 2.75) is 26.5 Å². The van der Waals surface area contributed by atoms with Crippen molar-refractivity contribution < 1.29 is 4.74 Å². The lowest BCUT2D eigenvalue weighted by Gasteiger charge is -2.12. The van der Waals surface area contributed by atoms with Gasteiger partial charge in [-0.2, -0.15) is 5.10 Å². The van der Waals surface area contributed by atoms with Crippen molar-refractivity contribution >= 4 is 16.6 Å². The third-order valence-corrected chi connectivity index (χ3v) is 3.21. The van der Waals surface area contributed by atoms with Gasteiger partial charge in [0, 0.05) is 17.6 Å². The molecule has 4 nitrogen and oxygen atoms in total. The number of fused-ring (bicyclic) bond motifs is 1. The molecule has 0 saturated carbocycles. The summed E-state index contributed by atoms with van der Waals surface area (Å²) >= 11 is 0. The van der Waals surface area contributed by atoms with E-state index >= 15 is 0 Å². The molecule has 0 aliphatic carbocycles. The van der Waals surface area contributed by atoms with Gasteiger partial charge in [0.25, 0.3) is 0 Å². The lowest BCUT2D eigenvalue weighted by atomic mass is 10.2. The Balaban J connectivity index is 1.69. The maximum absolute atomic E-state index is 5.71. The maximum atomic E-state index is 5.71. The van der Waals surface area contributed by atoms with E-state index in [0.29, 0.717) is 0 Å². The second kappa shape index (κ2) is 5.87. The summed E-state index contributed by atoms with van der Waals surface area (Å²) in [5, 5.41) is 11.5. The maximum Gasteiger partial charge on any atom is 0.120 e. The van der Waals surface area contributed by atoms with Crippen LogP contribution in [0.3, 0.4) is 0 Å². The molecule has 0 aliphatic rings. The van der Waals surface area contributed by atoms with E-state index in [2.05, 4.69) is 45.8 Å². The second-order valence-corrected chi connectivity index (χ2v) is 5.34. The average molecular weight is 281 g/mol. The van der Waals surface area contributed by atoms with Gasteiger partial charge in [-0.1, -0.05) is 12.1 Å². The molecule has 0 unspecified atom stereocenters. The third kappa shape index (κ3) is 3.34. The van der Waals surface area contributed by atoms with Crippen LogP contribution in [-0.2, 0) is 6.54 Å². The molecule has 0 bridgehead atoms. The fraction of sp³-hybridized carbons (Fsp3) is 0.235. The Morgan fingerprint density at radius 3 is 2.95 bits per heavy atom. The van der Waals surface area contributed by atoms with Crippen molar-refractivity contribution in [1.82, 2.24) is 10.2 Å². The summed E-state index contributed by atoms with van der Waals surface area (Å²) in [6.45, 7) is 4.82. The number of ether oxygens (including phenoxy) is 1. The van der Waals surface area contributed by atoms with E-state index in [1.54, 1.807) is 0 Å². The van der Waals surface area contributed by atoms with Gasteiger partial charge in [0.2, 0.25) is 0 Å². The Morgan fingerprint density at radius 1 is 1.19 bits per heavy atom. The van der Waals surface area contributed by atoms with Crippen molar-refractivity contribution in [1.29, 1.82) is 0 Å². The summed E-state index contributed by atoms with van der Waals surface area (Å²) < 4.78 is 5.71. The van der Waals surface area contributed by atoms with Gasteiger partial charge >= 0.3 is 0 Å². The van der Waals surface area contributed by atoms with Crippen molar-refractivity contribution in [2.24, 2.45) is 0 Å². The first-order valence-corrected chi connectivity index (χ1v) is 7.13. The number of nitrogens with zero attached hydrogens (tertiary/aromatic N) is 1. The van der Waals surface area contributed by atoms with Gasteiger partial charge in [-0.25, -0.2) is 0 Å². The summed E-state index contributed by atoms with van der Waals surface area (Å²) in [5.74, 6) is 0.910. The zero-order valence-corrected chi connectivity index (χ0v) is 12.3. The normalized spacial score (nSPS) is 11.0. The van der Waals surface area contributed by atoms with Crippen LogP contribution in [-0.4, -0.2) is 16.3 Å². The van der Waals surface area contributed by atoms with Crippen LogP contribution >= 0.6 is 0 Å². The molecule has 0 aliphatic heterocycles. The van der Waals surface area contributed by atoms with E-state index < -0.39 is 0 Å². The van der Waals surface area contributed by atoms with Crippen LogP contribution < -0.4 is 10.1 Å². The lowest BCUT2D eigenvalue weighted by Crippen LogP contribution is -2.06. The third-order valence-electron chi connectivity index (χ3n) is 3.21. The molecule has 3 aromatic rings. The monoisotopic (exact) mass is 281 g/mol. The van der Waals surface area contributed by atoms with Gasteiger partial charge in [0.05, 0.1) is 17.8 Å². The van der Waals surface area contributed by atoms with Gasteiger partial charge in [0.1, 0.15) is 5.75 Å². The number of hydrogen-bond donors (Lipinski definition) is 2. The molecule has 2 aromatic carbocycles. The second-order valence-electron chi connectivity index (χ2n) is 5.34. The molecular formula is C17H19N3O. The highest BCUT2D eigenvalue weighted by Gasteiger charge is 2.01. The minimum absolute atomic E-state index is 0.191. The van der Waals surface area contributed by atoms with Gasteiger partial charge in [-0.15, -0.1) is 0 Å². The minimum Gasteiger partial charge on any atom is -0.491 e. The Kier molecular flexibility index (Phi) is 3.77. The molecule has 0 atom stereocenters. The van der Waals surface area contributed by atoms with Gasteiger partial charge < -0.3 is 10.1 Å². The van der Waals surface area contributed by atoms with Crippen molar-refractivity contribution in [3.63, 3.8) is 0 Å². The van der Waals surface area contributed by atoms with Crippen LogP contribution in [0.25, 0.3) is 10.9 Å². The Morgan fingerprint density at radius 2 is 2.10 bits per heavy atom. The number of H-pyrrole nitrogens is 1. The van der Waals surface area contributed by atoms with Gasteiger partial charge in [-0.05, 0) is 49.7 Å². The molecule has 3 rings (SSSR count). The van der Waals surface area contributed by atoms with Gasteiger partial charge in [0.15, 0.2) is 0 Å². The summed E-state index contributed by atoms with van der Waals surface area (Å²) in [7, 11) is 0. The van der Waals surface area contributed by atoms with E-state index in [1.807, 2.05) is 32.2 Å². The average Bonchev–Trinajstić information content (AvgIpc) is 2.92. The van der Waals surface area contributed by atoms with E-state index in [0.717, 1.165) is 28.9 Å². The number of nitrogens with one attached hydrogen (secondary N) is 2. The highest BCUT2D eigenvalue weighted by Crippen LogP contribution is 2.19. The predicted octanol–water partition coefficient (Wildman–Crippen LogP) is 3.96. The first kappa shape index (κ1) is 13.5. The van der Waals surface area contributed by atoms with Crippen LogP contribution in [0, 0.1) is 0 Å². The molecule has 0 radical (unpaired) electrons. The molecule has 108 valence electrons. The number of anilines is 1. The van der Waals surface area contributed by atoms with Crippen molar-refractivity contribution in [3.8, 4) is 5.75 Å². The van der Waals surface area contributed by atoms with Crippen molar-refractivity contribution in [2.75, 3.05) is 5.32 Å². The van der Waals surface area contributed by atoms with E-state index in [4.69, 9.17) is 4.74 Å². The molecule has 1 heterocycles. The quantitative estimate of drug-likeness (QED) is 0.744. The van der Waals surface area contributed by atoms with E-state index in [1.165, 1.54) is 5.56 Å².